The molecule has 4 fully saturated rings. The topological polar surface area (TPSA) is 87.1 Å². The molecule has 1 aromatic heterocycles. The van der Waals surface area contributed by atoms with Crippen molar-refractivity contribution in [3.8, 4) is 0 Å². The van der Waals surface area contributed by atoms with Crippen LogP contribution in [0.25, 0.3) is 0 Å². The monoisotopic (exact) mass is 362 g/mol. The van der Waals surface area contributed by atoms with Crippen LogP contribution in [-0.2, 0) is 0 Å². The summed E-state index contributed by atoms with van der Waals surface area (Å²) in [7, 11) is 1.78. The molecule has 0 aromatic carbocycles. The fraction of sp³-hybridized carbons (Fsp3) is 0.722. The van der Waals surface area contributed by atoms with Crippen LogP contribution in [0.2, 0.25) is 0 Å². The number of anilines is 1. The van der Waals surface area contributed by atoms with Crippen LogP contribution in [0.5, 0.6) is 0 Å². The molecule has 6 nitrogen and oxygen atoms in total. The van der Waals surface area contributed by atoms with Crippen molar-refractivity contribution in [3.63, 3.8) is 0 Å². The first-order chi connectivity index (χ1) is 12.0. The molecular formula is C18H26N4O2S. The van der Waals surface area contributed by atoms with E-state index in [-0.39, 0.29) is 11.9 Å². The summed E-state index contributed by atoms with van der Waals surface area (Å²) in [6.45, 7) is 2.11. The van der Waals surface area contributed by atoms with Crippen molar-refractivity contribution < 1.29 is 9.90 Å². The maximum absolute atomic E-state index is 12.9. The van der Waals surface area contributed by atoms with Gasteiger partial charge in [0.2, 0.25) is 5.95 Å². The van der Waals surface area contributed by atoms with Crippen molar-refractivity contribution in [2.24, 2.45) is 17.8 Å². The molecule has 25 heavy (non-hydrogen) atoms. The molecule has 7 heteroatoms. The van der Waals surface area contributed by atoms with Gasteiger partial charge in [0.05, 0.1) is 11.2 Å². The maximum Gasteiger partial charge on any atom is 0.255 e. The lowest BCUT2D eigenvalue weighted by molar-refractivity contribution is -0.0192. The maximum atomic E-state index is 12.9. The minimum absolute atomic E-state index is 0.0748. The van der Waals surface area contributed by atoms with E-state index < -0.39 is 5.60 Å². The van der Waals surface area contributed by atoms with E-state index in [0.717, 1.165) is 42.9 Å². The van der Waals surface area contributed by atoms with E-state index in [4.69, 9.17) is 0 Å². The van der Waals surface area contributed by atoms with Gasteiger partial charge in [0.25, 0.3) is 5.91 Å². The van der Waals surface area contributed by atoms with Gasteiger partial charge >= 0.3 is 0 Å². The highest BCUT2D eigenvalue weighted by molar-refractivity contribution is 7.99. The Morgan fingerprint density at radius 1 is 1.40 bits per heavy atom. The third-order valence-corrected chi connectivity index (χ3v) is 7.24. The number of amides is 1. The molecule has 136 valence electrons. The largest absolute Gasteiger partial charge is 0.390 e. The number of hydrogen-bond donors (Lipinski definition) is 3. The van der Waals surface area contributed by atoms with Gasteiger partial charge in [-0.25, -0.2) is 9.97 Å². The summed E-state index contributed by atoms with van der Waals surface area (Å²) < 4.78 is 0. The van der Waals surface area contributed by atoms with Gasteiger partial charge < -0.3 is 15.7 Å². The molecule has 1 amide bonds. The Kier molecular flexibility index (Phi) is 4.40. The number of carbonyl (C=O) groups is 1. The fourth-order valence-electron chi connectivity index (χ4n) is 5.16. The van der Waals surface area contributed by atoms with Crippen molar-refractivity contribution in [1.29, 1.82) is 0 Å². The first-order valence-electron chi connectivity index (χ1n) is 9.24. The van der Waals surface area contributed by atoms with Crippen LogP contribution in [0.15, 0.2) is 11.2 Å². The standard InChI is InChI=1S/C18H26N4O2S/c1-3-4-25-16-13(9-20-17(19-2)22-16)15(23)21-14-11-5-10-6-18(24,7-11)8-12(10)14/h9-12,14,24H,3-8H2,1-2H3,(H,21,23)(H,19,20,22)/t10?,11-,12-,14-,18-/m1/s1. The number of nitrogens with one attached hydrogen (secondary N) is 2. The quantitative estimate of drug-likeness (QED) is 0.532. The molecule has 0 spiro atoms. The number of hydrogen-bond acceptors (Lipinski definition) is 6. The minimum atomic E-state index is -0.459. The Hall–Kier alpha value is -1.34. The fourth-order valence-corrected chi connectivity index (χ4v) is 6.01. The predicted molar refractivity (Wildman–Crippen MR) is 97.7 cm³/mol. The molecule has 0 saturated heterocycles. The van der Waals surface area contributed by atoms with Crippen LogP contribution in [0, 0.1) is 17.8 Å². The van der Waals surface area contributed by atoms with Crippen molar-refractivity contribution in [2.45, 2.75) is 55.7 Å². The number of rotatable bonds is 6. The predicted octanol–water partition coefficient (Wildman–Crippen LogP) is 2.30. The average Bonchev–Trinajstić information content (AvgIpc) is 2.97. The average molecular weight is 362 g/mol. The van der Waals surface area contributed by atoms with E-state index in [1.54, 1.807) is 25.0 Å². The van der Waals surface area contributed by atoms with Crippen LogP contribution in [0.3, 0.4) is 0 Å². The Balaban J connectivity index is 1.52. The summed E-state index contributed by atoms with van der Waals surface area (Å²) in [5.74, 6) is 2.80. The third kappa shape index (κ3) is 3.01. The zero-order valence-corrected chi connectivity index (χ0v) is 15.6. The second-order valence-electron chi connectivity index (χ2n) is 7.77. The molecule has 0 radical (unpaired) electrons. The van der Waals surface area contributed by atoms with Crippen molar-refractivity contribution >= 4 is 23.6 Å². The normalized spacial score (nSPS) is 35.2. The number of carbonyl (C=O) groups excluding carboxylic acids is 1. The zero-order chi connectivity index (χ0) is 17.6. The van der Waals surface area contributed by atoms with Crippen LogP contribution in [0.1, 0.15) is 49.4 Å². The van der Waals surface area contributed by atoms with Gasteiger partial charge in [-0.3, -0.25) is 4.79 Å². The second-order valence-corrected chi connectivity index (χ2v) is 8.85. The number of nitrogens with zero attached hydrogens (tertiary/aromatic N) is 2. The molecule has 1 unspecified atom stereocenters. The van der Waals surface area contributed by atoms with Crippen LogP contribution >= 0.6 is 11.8 Å². The summed E-state index contributed by atoms with van der Waals surface area (Å²) in [4.78, 5) is 21.6. The highest BCUT2D eigenvalue weighted by Gasteiger charge is 2.60. The van der Waals surface area contributed by atoms with E-state index in [1.165, 1.54) is 0 Å². The molecule has 5 rings (SSSR count). The van der Waals surface area contributed by atoms with E-state index in [1.807, 2.05) is 0 Å². The number of aromatic nitrogens is 2. The smallest absolute Gasteiger partial charge is 0.255 e. The zero-order valence-electron chi connectivity index (χ0n) is 14.8. The summed E-state index contributed by atoms with van der Waals surface area (Å²) in [6, 6.07) is 0.188. The van der Waals surface area contributed by atoms with Gasteiger partial charge in [0.1, 0.15) is 5.03 Å². The highest BCUT2D eigenvalue weighted by Crippen LogP contribution is 2.59. The molecule has 1 heterocycles. The number of thioether (sulfide) groups is 1. The molecule has 4 saturated carbocycles. The molecule has 4 aliphatic carbocycles. The van der Waals surface area contributed by atoms with Crippen molar-refractivity contribution in [3.05, 3.63) is 11.8 Å². The molecule has 5 atom stereocenters. The lowest BCUT2D eigenvalue weighted by Gasteiger charge is -2.38. The second kappa shape index (κ2) is 6.43. The molecule has 4 aliphatic rings. The van der Waals surface area contributed by atoms with Gasteiger partial charge in [0, 0.05) is 19.3 Å². The minimum Gasteiger partial charge on any atom is -0.390 e. The van der Waals surface area contributed by atoms with E-state index >= 15 is 0 Å². The first-order valence-corrected chi connectivity index (χ1v) is 10.2. The molecule has 1 aromatic rings. The molecular weight excluding hydrogens is 336 g/mol. The SMILES string of the molecule is CCCSc1nc(NC)ncc1C(=O)N[C@@H]1[C@@H]2CC3C[C@@](O)(C2)C[C@H]31. The van der Waals surface area contributed by atoms with E-state index in [2.05, 4.69) is 27.5 Å². The Morgan fingerprint density at radius 3 is 2.92 bits per heavy atom. The van der Waals surface area contributed by atoms with E-state index in [9.17, 15) is 9.90 Å². The Morgan fingerprint density at radius 2 is 2.20 bits per heavy atom. The van der Waals surface area contributed by atoms with Gasteiger partial charge in [-0.2, -0.15) is 0 Å². The van der Waals surface area contributed by atoms with Crippen molar-refractivity contribution in [2.75, 3.05) is 18.1 Å². The molecule has 4 bridgehead atoms. The van der Waals surface area contributed by atoms with Gasteiger partial charge in [-0.15, -0.1) is 11.8 Å². The van der Waals surface area contributed by atoms with Gasteiger partial charge in [-0.05, 0) is 55.6 Å². The summed E-state index contributed by atoms with van der Waals surface area (Å²) >= 11 is 1.60. The Labute approximate surface area is 152 Å². The summed E-state index contributed by atoms with van der Waals surface area (Å²) in [6.07, 6.45) is 6.38. The van der Waals surface area contributed by atoms with Crippen molar-refractivity contribution in [1.82, 2.24) is 15.3 Å². The van der Waals surface area contributed by atoms with E-state index in [0.29, 0.717) is 29.3 Å². The van der Waals surface area contributed by atoms with Gasteiger partial charge in [0.15, 0.2) is 0 Å². The first kappa shape index (κ1) is 17.1. The van der Waals surface area contributed by atoms with Gasteiger partial charge in [-0.1, -0.05) is 6.92 Å². The van der Waals surface area contributed by atoms with Crippen LogP contribution < -0.4 is 10.6 Å². The third-order valence-electron chi connectivity index (χ3n) is 6.04. The van der Waals surface area contributed by atoms with Crippen LogP contribution in [0.4, 0.5) is 5.95 Å². The Bertz CT molecular complexity index is 681. The van der Waals surface area contributed by atoms with Crippen LogP contribution in [-0.4, -0.2) is 45.4 Å². The number of aliphatic hydroxyl groups is 1. The molecule has 0 aliphatic heterocycles. The molecule has 3 N–H and O–H groups in total. The highest BCUT2D eigenvalue weighted by atomic mass is 32.2. The summed E-state index contributed by atoms with van der Waals surface area (Å²) in [5.41, 5.74) is 0.104. The lowest BCUT2D eigenvalue weighted by Crippen LogP contribution is -2.48. The lowest BCUT2D eigenvalue weighted by atomic mass is 9.76. The summed E-state index contributed by atoms with van der Waals surface area (Å²) in [5, 5.41) is 17.5.